The lowest BCUT2D eigenvalue weighted by Gasteiger charge is -2.07. The van der Waals surface area contributed by atoms with E-state index >= 15 is 0 Å². The van der Waals surface area contributed by atoms with Crippen LogP contribution in [0.3, 0.4) is 0 Å². The molecule has 0 aliphatic heterocycles. The third kappa shape index (κ3) is 2.76. The van der Waals surface area contributed by atoms with Gasteiger partial charge in [-0.1, -0.05) is 13.8 Å². The Kier molecular flexibility index (Phi) is 4.09. The number of aromatic nitrogens is 5. The minimum atomic E-state index is 0.175. The van der Waals surface area contributed by atoms with Gasteiger partial charge in [0.05, 0.1) is 0 Å². The van der Waals surface area contributed by atoms with Gasteiger partial charge in [-0.05, 0) is 18.0 Å². The van der Waals surface area contributed by atoms with Crippen LogP contribution in [0.2, 0.25) is 5.28 Å². The second-order valence-electron chi connectivity index (χ2n) is 3.72. The van der Waals surface area contributed by atoms with Gasteiger partial charge >= 0.3 is 0 Å². The molecule has 0 amide bonds. The summed E-state index contributed by atoms with van der Waals surface area (Å²) in [6.45, 7) is 4.89. The van der Waals surface area contributed by atoms with Crippen LogP contribution >= 0.6 is 11.6 Å². The van der Waals surface area contributed by atoms with Crippen molar-refractivity contribution in [1.82, 2.24) is 24.5 Å². The molecular weight excluding hydrogens is 252 g/mol. The van der Waals surface area contributed by atoms with Gasteiger partial charge in [-0.25, -0.2) is 4.98 Å². The topological polar surface area (TPSA) is 68.5 Å². The van der Waals surface area contributed by atoms with E-state index in [4.69, 9.17) is 11.6 Å². The average molecular weight is 267 g/mol. The molecule has 0 unspecified atom stereocenters. The SMILES string of the molecule is CCCNc1nc(Cl)nc(-n2ccnc2CC)n1. The number of hydrogen-bond acceptors (Lipinski definition) is 5. The standard InChI is InChI=1S/C11H15ClN6/c1-3-5-14-10-15-9(12)16-11(17-10)18-7-6-13-8(18)4-2/h6-7H,3-5H2,1-2H3,(H,14,15,16,17). The van der Waals surface area contributed by atoms with Crippen LogP contribution in [0.1, 0.15) is 26.1 Å². The summed E-state index contributed by atoms with van der Waals surface area (Å²) in [7, 11) is 0. The van der Waals surface area contributed by atoms with E-state index < -0.39 is 0 Å². The van der Waals surface area contributed by atoms with Gasteiger partial charge in [-0.2, -0.15) is 15.0 Å². The van der Waals surface area contributed by atoms with Crippen molar-refractivity contribution in [3.05, 3.63) is 23.5 Å². The summed E-state index contributed by atoms with van der Waals surface area (Å²) in [6, 6.07) is 0. The van der Waals surface area contributed by atoms with E-state index in [0.717, 1.165) is 25.2 Å². The van der Waals surface area contributed by atoms with Crippen molar-refractivity contribution < 1.29 is 0 Å². The van der Waals surface area contributed by atoms with Crippen molar-refractivity contribution in [2.75, 3.05) is 11.9 Å². The van der Waals surface area contributed by atoms with E-state index in [1.165, 1.54) is 0 Å². The maximum absolute atomic E-state index is 5.91. The maximum Gasteiger partial charge on any atom is 0.241 e. The lowest BCUT2D eigenvalue weighted by molar-refractivity contribution is 0.820. The summed E-state index contributed by atoms with van der Waals surface area (Å²) in [6.07, 6.45) is 5.32. The van der Waals surface area contributed by atoms with Crippen LogP contribution in [0.15, 0.2) is 12.4 Å². The zero-order valence-corrected chi connectivity index (χ0v) is 11.1. The molecular formula is C11H15ClN6. The fraction of sp³-hybridized carbons (Fsp3) is 0.455. The highest BCUT2D eigenvalue weighted by molar-refractivity contribution is 6.28. The Morgan fingerprint density at radius 3 is 2.83 bits per heavy atom. The molecule has 0 aromatic carbocycles. The lowest BCUT2D eigenvalue weighted by atomic mass is 10.4. The Labute approximate surface area is 110 Å². The summed E-state index contributed by atoms with van der Waals surface area (Å²) in [4.78, 5) is 16.7. The molecule has 0 aliphatic carbocycles. The summed E-state index contributed by atoms with van der Waals surface area (Å²) >= 11 is 5.91. The Morgan fingerprint density at radius 2 is 2.11 bits per heavy atom. The predicted octanol–water partition coefficient (Wildman–Crippen LogP) is 2.09. The average Bonchev–Trinajstić information content (AvgIpc) is 2.84. The smallest absolute Gasteiger partial charge is 0.241 e. The Bertz CT molecular complexity index is 524. The summed E-state index contributed by atoms with van der Waals surface area (Å²) in [5.74, 6) is 1.87. The Hall–Kier alpha value is -1.69. The molecule has 0 atom stereocenters. The Morgan fingerprint density at radius 1 is 1.28 bits per heavy atom. The summed E-state index contributed by atoms with van der Waals surface area (Å²) < 4.78 is 1.81. The molecule has 2 aromatic heterocycles. The first-order valence-electron chi connectivity index (χ1n) is 5.92. The first kappa shape index (κ1) is 12.8. The highest BCUT2D eigenvalue weighted by atomic mass is 35.5. The van der Waals surface area contributed by atoms with Gasteiger partial charge < -0.3 is 5.32 Å². The van der Waals surface area contributed by atoms with E-state index in [-0.39, 0.29) is 5.28 Å². The fourth-order valence-corrected chi connectivity index (χ4v) is 1.70. The molecule has 0 saturated carbocycles. The molecule has 0 spiro atoms. The molecule has 7 heteroatoms. The molecule has 2 rings (SSSR count). The summed E-state index contributed by atoms with van der Waals surface area (Å²) in [5.41, 5.74) is 0. The zero-order valence-electron chi connectivity index (χ0n) is 10.4. The van der Waals surface area contributed by atoms with Crippen LogP contribution in [-0.4, -0.2) is 31.0 Å². The van der Waals surface area contributed by atoms with E-state index in [1.807, 2.05) is 17.7 Å². The number of imidazole rings is 1. The fourth-order valence-electron chi connectivity index (χ4n) is 1.54. The molecule has 18 heavy (non-hydrogen) atoms. The van der Waals surface area contributed by atoms with Crippen LogP contribution in [0.4, 0.5) is 5.95 Å². The molecule has 0 aliphatic rings. The van der Waals surface area contributed by atoms with Crippen molar-refractivity contribution in [2.24, 2.45) is 0 Å². The second kappa shape index (κ2) is 5.77. The first-order valence-corrected chi connectivity index (χ1v) is 6.30. The molecule has 2 heterocycles. The zero-order chi connectivity index (χ0) is 13.0. The molecule has 6 nitrogen and oxygen atoms in total. The molecule has 2 aromatic rings. The molecule has 0 radical (unpaired) electrons. The van der Waals surface area contributed by atoms with Crippen molar-refractivity contribution in [3.8, 4) is 5.95 Å². The van der Waals surface area contributed by atoms with Crippen molar-refractivity contribution >= 4 is 17.5 Å². The highest BCUT2D eigenvalue weighted by Gasteiger charge is 2.09. The van der Waals surface area contributed by atoms with E-state index in [9.17, 15) is 0 Å². The second-order valence-corrected chi connectivity index (χ2v) is 4.06. The number of anilines is 1. The van der Waals surface area contributed by atoms with Gasteiger partial charge in [0.2, 0.25) is 17.2 Å². The number of halogens is 1. The van der Waals surface area contributed by atoms with Crippen LogP contribution < -0.4 is 5.32 Å². The van der Waals surface area contributed by atoms with E-state index in [2.05, 4.69) is 32.2 Å². The minimum absolute atomic E-state index is 0.175. The van der Waals surface area contributed by atoms with E-state index in [1.54, 1.807) is 6.20 Å². The van der Waals surface area contributed by atoms with Gasteiger partial charge in [-0.15, -0.1) is 0 Å². The monoisotopic (exact) mass is 266 g/mol. The number of hydrogen-bond donors (Lipinski definition) is 1. The number of aryl methyl sites for hydroxylation is 1. The molecule has 1 N–H and O–H groups in total. The number of nitrogens with one attached hydrogen (secondary N) is 1. The van der Waals surface area contributed by atoms with E-state index in [0.29, 0.717) is 11.9 Å². The molecule has 0 saturated heterocycles. The normalized spacial score (nSPS) is 10.6. The highest BCUT2D eigenvalue weighted by Crippen LogP contribution is 2.11. The lowest BCUT2D eigenvalue weighted by Crippen LogP contribution is -2.10. The van der Waals surface area contributed by atoms with Crippen molar-refractivity contribution in [3.63, 3.8) is 0 Å². The van der Waals surface area contributed by atoms with Crippen LogP contribution in [-0.2, 0) is 6.42 Å². The van der Waals surface area contributed by atoms with Gasteiger partial charge in [0, 0.05) is 25.4 Å². The third-order valence-electron chi connectivity index (χ3n) is 2.38. The van der Waals surface area contributed by atoms with Gasteiger partial charge in [0.15, 0.2) is 0 Å². The number of nitrogens with zero attached hydrogens (tertiary/aromatic N) is 5. The van der Waals surface area contributed by atoms with Gasteiger partial charge in [0.1, 0.15) is 5.82 Å². The summed E-state index contributed by atoms with van der Waals surface area (Å²) in [5, 5.41) is 3.27. The third-order valence-corrected chi connectivity index (χ3v) is 2.55. The molecule has 0 bridgehead atoms. The van der Waals surface area contributed by atoms with Crippen LogP contribution in [0.5, 0.6) is 0 Å². The van der Waals surface area contributed by atoms with Gasteiger partial charge in [-0.3, -0.25) is 4.57 Å². The first-order chi connectivity index (χ1) is 8.74. The maximum atomic E-state index is 5.91. The van der Waals surface area contributed by atoms with Crippen LogP contribution in [0.25, 0.3) is 5.95 Å². The van der Waals surface area contributed by atoms with Crippen LogP contribution in [0, 0.1) is 0 Å². The van der Waals surface area contributed by atoms with Crippen molar-refractivity contribution in [1.29, 1.82) is 0 Å². The molecule has 96 valence electrons. The quantitative estimate of drug-likeness (QED) is 0.897. The largest absolute Gasteiger partial charge is 0.354 e. The number of rotatable bonds is 5. The predicted molar refractivity (Wildman–Crippen MR) is 70.1 cm³/mol. The van der Waals surface area contributed by atoms with Crippen molar-refractivity contribution in [2.45, 2.75) is 26.7 Å². The Balaban J connectivity index is 2.35. The minimum Gasteiger partial charge on any atom is -0.354 e. The van der Waals surface area contributed by atoms with Gasteiger partial charge in [0.25, 0.3) is 0 Å². The molecule has 0 fully saturated rings.